The standard InChI is InChI=1S/C9H12N4/c1-10-5-4-8-2-3-9-12-11-7-13(9)6-8/h2-3,6-7,10H,4-5H2,1H3. The van der Waals surface area contributed by atoms with Crippen molar-refractivity contribution in [2.45, 2.75) is 6.42 Å². The normalized spacial score (nSPS) is 10.8. The lowest BCUT2D eigenvalue weighted by Crippen LogP contribution is -2.10. The van der Waals surface area contributed by atoms with Crippen LogP contribution in [-0.4, -0.2) is 28.2 Å². The quantitative estimate of drug-likeness (QED) is 0.740. The highest BCUT2D eigenvalue weighted by Crippen LogP contribution is 2.03. The smallest absolute Gasteiger partial charge is 0.160 e. The molecular formula is C9H12N4. The fourth-order valence-electron chi connectivity index (χ4n) is 1.29. The molecule has 0 saturated heterocycles. The molecule has 2 heterocycles. The van der Waals surface area contributed by atoms with Crippen molar-refractivity contribution in [3.05, 3.63) is 30.2 Å². The number of hydrogen-bond donors (Lipinski definition) is 1. The van der Waals surface area contributed by atoms with Crippen molar-refractivity contribution >= 4 is 5.65 Å². The van der Waals surface area contributed by atoms with Crippen LogP contribution in [0, 0.1) is 0 Å². The van der Waals surface area contributed by atoms with Crippen LogP contribution in [0.5, 0.6) is 0 Å². The first-order valence-corrected chi connectivity index (χ1v) is 4.33. The molecule has 0 atom stereocenters. The predicted octanol–water partition coefficient (Wildman–Crippen LogP) is 0.491. The summed E-state index contributed by atoms with van der Waals surface area (Å²) in [6.07, 6.45) is 4.81. The number of fused-ring (bicyclic) bond motifs is 1. The van der Waals surface area contributed by atoms with Gasteiger partial charge in [0.25, 0.3) is 0 Å². The number of pyridine rings is 1. The molecule has 2 aromatic heterocycles. The lowest BCUT2D eigenvalue weighted by atomic mass is 10.2. The Balaban J connectivity index is 2.26. The van der Waals surface area contributed by atoms with Gasteiger partial charge in [-0.15, -0.1) is 10.2 Å². The van der Waals surface area contributed by atoms with Gasteiger partial charge in [0.05, 0.1) is 0 Å². The van der Waals surface area contributed by atoms with E-state index in [0.717, 1.165) is 18.6 Å². The molecule has 4 heteroatoms. The average Bonchev–Trinajstić information content (AvgIpc) is 2.61. The van der Waals surface area contributed by atoms with Crippen LogP contribution in [0.25, 0.3) is 5.65 Å². The maximum absolute atomic E-state index is 3.94. The van der Waals surface area contributed by atoms with Gasteiger partial charge in [-0.25, -0.2) is 0 Å². The van der Waals surface area contributed by atoms with Crippen LogP contribution in [0.3, 0.4) is 0 Å². The van der Waals surface area contributed by atoms with Crippen LogP contribution in [0.2, 0.25) is 0 Å². The van der Waals surface area contributed by atoms with Gasteiger partial charge in [0.1, 0.15) is 6.33 Å². The average molecular weight is 176 g/mol. The van der Waals surface area contributed by atoms with Crippen molar-refractivity contribution in [1.82, 2.24) is 19.9 Å². The van der Waals surface area contributed by atoms with Crippen LogP contribution in [0.1, 0.15) is 5.56 Å². The van der Waals surface area contributed by atoms with Crippen LogP contribution >= 0.6 is 0 Å². The Morgan fingerprint density at radius 3 is 3.23 bits per heavy atom. The van der Waals surface area contributed by atoms with E-state index < -0.39 is 0 Å². The summed E-state index contributed by atoms with van der Waals surface area (Å²) in [5.74, 6) is 0. The van der Waals surface area contributed by atoms with Gasteiger partial charge in [-0.1, -0.05) is 6.07 Å². The molecule has 0 amide bonds. The molecule has 1 N–H and O–H groups in total. The molecule has 0 aromatic carbocycles. The SMILES string of the molecule is CNCCc1ccc2nncn2c1. The molecule has 0 unspecified atom stereocenters. The van der Waals surface area contributed by atoms with Crippen molar-refractivity contribution in [1.29, 1.82) is 0 Å². The molecule has 4 nitrogen and oxygen atoms in total. The van der Waals surface area contributed by atoms with E-state index in [1.807, 2.05) is 17.5 Å². The molecule has 68 valence electrons. The minimum absolute atomic E-state index is 0.896. The molecule has 0 saturated carbocycles. The van der Waals surface area contributed by atoms with E-state index in [4.69, 9.17) is 0 Å². The number of rotatable bonds is 3. The van der Waals surface area contributed by atoms with Gasteiger partial charge in [0.2, 0.25) is 0 Å². The topological polar surface area (TPSA) is 42.2 Å². The first-order valence-electron chi connectivity index (χ1n) is 4.33. The van der Waals surface area contributed by atoms with E-state index >= 15 is 0 Å². The van der Waals surface area contributed by atoms with Crippen LogP contribution in [0.15, 0.2) is 24.7 Å². The van der Waals surface area contributed by atoms with Crippen molar-refractivity contribution in [2.75, 3.05) is 13.6 Å². The highest BCUT2D eigenvalue weighted by molar-refractivity contribution is 5.37. The van der Waals surface area contributed by atoms with Crippen LogP contribution in [0.4, 0.5) is 0 Å². The second-order valence-electron chi connectivity index (χ2n) is 2.99. The number of hydrogen-bond acceptors (Lipinski definition) is 3. The summed E-state index contributed by atoms with van der Waals surface area (Å²) in [7, 11) is 1.96. The Kier molecular flexibility index (Phi) is 2.23. The monoisotopic (exact) mass is 176 g/mol. The third kappa shape index (κ3) is 1.67. The second kappa shape index (κ2) is 3.53. The van der Waals surface area contributed by atoms with E-state index in [9.17, 15) is 0 Å². The summed E-state index contributed by atoms with van der Waals surface area (Å²) in [4.78, 5) is 0. The maximum atomic E-state index is 3.94. The Morgan fingerprint density at radius 2 is 2.38 bits per heavy atom. The van der Waals surface area contributed by atoms with Crippen molar-refractivity contribution in [3.63, 3.8) is 0 Å². The Hall–Kier alpha value is -1.42. The molecule has 0 aliphatic rings. The molecular weight excluding hydrogens is 164 g/mol. The zero-order chi connectivity index (χ0) is 9.10. The van der Waals surface area contributed by atoms with E-state index in [2.05, 4.69) is 27.8 Å². The summed E-state index contributed by atoms with van der Waals surface area (Å²) >= 11 is 0. The molecule has 0 aliphatic carbocycles. The van der Waals surface area contributed by atoms with Crippen LogP contribution in [-0.2, 0) is 6.42 Å². The number of aromatic nitrogens is 3. The molecule has 2 rings (SSSR count). The molecule has 0 radical (unpaired) electrons. The van der Waals surface area contributed by atoms with Gasteiger partial charge < -0.3 is 5.32 Å². The largest absolute Gasteiger partial charge is 0.319 e. The Bertz CT molecular complexity index is 393. The summed E-state index contributed by atoms with van der Waals surface area (Å²) < 4.78 is 1.94. The predicted molar refractivity (Wildman–Crippen MR) is 50.6 cm³/mol. The maximum Gasteiger partial charge on any atom is 0.160 e. The third-order valence-corrected chi connectivity index (χ3v) is 2.02. The lowest BCUT2D eigenvalue weighted by Gasteiger charge is -2.00. The molecule has 0 bridgehead atoms. The molecule has 2 aromatic rings. The Labute approximate surface area is 76.6 Å². The fourth-order valence-corrected chi connectivity index (χ4v) is 1.29. The minimum atomic E-state index is 0.896. The second-order valence-corrected chi connectivity index (χ2v) is 2.99. The summed E-state index contributed by atoms with van der Waals surface area (Å²) in [6, 6.07) is 4.07. The van der Waals surface area contributed by atoms with Crippen molar-refractivity contribution < 1.29 is 0 Å². The molecule has 13 heavy (non-hydrogen) atoms. The zero-order valence-corrected chi connectivity index (χ0v) is 7.57. The minimum Gasteiger partial charge on any atom is -0.319 e. The highest BCUT2D eigenvalue weighted by Gasteiger charge is 1.96. The van der Waals surface area contributed by atoms with E-state index in [0.29, 0.717) is 0 Å². The highest BCUT2D eigenvalue weighted by atomic mass is 15.2. The fraction of sp³-hybridized carbons (Fsp3) is 0.333. The Morgan fingerprint density at radius 1 is 1.46 bits per heavy atom. The third-order valence-electron chi connectivity index (χ3n) is 2.02. The summed E-state index contributed by atoms with van der Waals surface area (Å²) in [6.45, 7) is 0.994. The van der Waals surface area contributed by atoms with Gasteiger partial charge in [-0.05, 0) is 31.6 Å². The van der Waals surface area contributed by atoms with E-state index in [1.54, 1.807) is 6.33 Å². The van der Waals surface area contributed by atoms with Crippen molar-refractivity contribution in [2.24, 2.45) is 0 Å². The van der Waals surface area contributed by atoms with Crippen molar-refractivity contribution in [3.8, 4) is 0 Å². The summed E-state index contributed by atoms with van der Waals surface area (Å²) in [5, 5.41) is 10.9. The van der Waals surface area contributed by atoms with Gasteiger partial charge in [0, 0.05) is 6.20 Å². The number of nitrogens with one attached hydrogen (secondary N) is 1. The first-order chi connectivity index (χ1) is 6.40. The van der Waals surface area contributed by atoms with Gasteiger partial charge >= 0.3 is 0 Å². The van der Waals surface area contributed by atoms with Gasteiger partial charge in [-0.3, -0.25) is 4.40 Å². The summed E-state index contributed by atoms with van der Waals surface area (Å²) in [5.41, 5.74) is 2.19. The zero-order valence-electron chi connectivity index (χ0n) is 7.57. The van der Waals surface area contributed by atoms with Crippen LogP contribution < -0.4 is 5.32 Å². The van der Waals surface area contributed by atoms with E-state index in [-0.39, 0.29) is 0 Å². The van der Waals surface area contributed by atoms with E-state index in [1.165, 1.54) is 5.56 Å². The number of nitrogens with zero attached hydrogens (tertiary/aromatic N) is 3. The molecule has 0 aliphatic heterocycles. The van der Waals surface area contributed by atoms with Gasteiger partial charge in [0.15, 0.2) is 5.65 Å². The number of likely N-dealkylation sites (N-methyl/N-ethyl adjacent to an activating group) is 1. The lowest BCUT2D eigenvalue weighted by molar-refractivity contribution is 0.788. The first kappa shape index (κ1) is 8.19. The van der Waals surface area contributed by atoms with Gasteiger partial charge in [-0.2, -0.15) is 0 Å². The molecule has 0 fully saturated rings. The molecule has 0 spiro atoms.